The minimum Gasteiger partial charge on any atom is -0.508 e. The number of carbonyl (C=O) groups excluding carboxylic acids is 1. The molecule has 1 aromatic rings. The van der Waals surface area contributed by atoms with E-state index in [9.17, 15) is 9.90 Å². The zero-order valence-electron chi connectivity index (χ0n) is 12.4. The van der Waals surface area contributed by atoms with E-state index in [1.807, 2.05) is 12.1 Å². The Balaban J connectivity index is 1.59. The van der Waals surface area contributed by atoms with E-state index in [-0.39, 0.29) is 11.3 Å². The number of nitrogens with zero attached hydrogens (tertiary/aromatic N) is 1. The molecule has 1 aromatic carbocycles. The molecule has 4 nitrogen and oxygen atoms in total. The highest BCUT2D eigenvalue weighted by Crippen LogP contribution is 2.38. The Hall–Kier alpha value is -1.91. The van der Waals surface area contributed by atoms with Gasteiger partial charge < -0.3 is 10.4 Å². The van der Waals surface area contributed by atoms with E-state index in [2.05, 4.69) is 22.4 Å². The zero-order chi connectivity index (χ0) is 15.2. The smallest absolute Gasteiger partial charge is 0.178 e. The molecular weight excluding hydrogens is 276 g/mol. The Morgan fingerprint density at radius 2 is 1.95 bits per heavy atom. The van der Waals surface area contributed by atoms with Crippen molar-refractivity contribution in [2.24, 2.45) is 0 Å². The number of benzene rings is 1. The second kappa shape index (κ2) is 5.07. The summed E-state index contributed by atoms with van der Waals surface area (Å²) in [6, 6.07) is 8.35. The van der Waals surface area contributed by atoms with E-state index in [1.165, 1.54) is 5.56 Å². The minimum atomic E-state index is -0.107. The molecule has 0 aromatic heterocycles. The predicted octanol–water partition coefficient (Wildman–Crippen LogP) is 1.41. The average Bonchev–Trinajstić information content (AvgIpc) is 2.81. The topological polar surface area (TPSA) is 52.6 Å². The molecule has 22 heavy (non-hydrogen) atoms. The zero-order valence-corrected chi connectivity index (χ0v) is 12.4. The van der Waals surface area contributed by atoms with Crippen LogP contribution in [0, 0.1) is 0 Å². The van der Waals surface area contributed by atoms with Crippen LogP contribution in [0.4, 0.5) is 0 Å². The van der Waals surface area contributed by atoms with E-state index in [4.69, 9.17) is 0 Å². The van der Waals surface area contributed by atoms with Crippen molar-refractivity contribution in [2.75, 3.05) is 13.1 Å². The van der Waals surface area contributed by atoms with Gasteiger partial charge in [0.25, 0.3) is 0 Å². The van der Waals surface area contributed by atoms with Crippen molar-refractivity contribution < 1.29 is 9.90 Å². The van der Waals surface area contributed by atoms with Gasteiger partial charge in [0, 0.05) is 25.2 Å². The van der Waals surface area contributed by atoms with Gasteiger partial charge in [-0.3, -0.25) is 9.69 Å². The molecule has 114 valence electrons. The first-order valence-electron chi connectivity index (χ1n) is 7.85. The second-order valence-electron chi connectivity index (χ2n) is 6.55. The average molecular weight is 296 g/mol. The molecule has 2 fully saturated rings. The van der Waals surface area contributed by atoms with E-state index in [0.717, 1.165) is 25.9 Å². The lowest BCUT2D eigenvalue weighted by Gasteiger charge is -2.41. The number of aromatic hydroxyl groups is 1. The van der Waals surface area contributed by atoms with Crippen molar-refractivity contribution >= 4 is 5.78 Å². The molecule has 2 heterocycles. The summed E-state index contributed by atoms with van der Waals surface area (Å²) in [5.74, 6) is 0.385. The number of allylic oxidation sites excluding steroid dienone is 2. The van der Waals surface area contributed by atoms with E-state index in [1.54, 1.807) is 24.3 Å². The molecule has 3 aliphatic rings. The van der Waals surface area contributed by atoms with Crippen molar-refractivity contribution in [2.45, 2.75) is 30.5 Å². The minimum absolute atomic E-state index is 0.0799. The number of hydrogen-bond donors (Lipinski definition) is 2. The largest absolute Gasteiger partial charge is 0.508 e. The fourth-order valence-electron chi connectivity index (χ4n) is 4.00. The molecule has 1 unspecified atom stereocenters. The van der Waals surface area contributed by atoms with E-state index in [0.29, 0.717) is 17.8 Å². The molecule has 3 atom stereocenters. The van der Waals surface area contributed by atoms with Gasteiger partial charge in [0.1, 0.15) is 5.75 Å². The third kappa shape index (κ3) is 2.28. The number of carbonyl (C=O) groups is 1. The summed E-state index contributed by atoms with van der Waals surface area (Å²) >= 11 is 0. The number of ketones is 1. The highest BCUT2D eigenvalue weighted by molar-refractivity contribution is 6.00. The van der Waals surface area contributed by atoms with Gasteiger partial charge in [-0.1, -0.05) is 24.3 Å². The van der Waals surface area contributed by atoms with Crippen LogP contribution in [0.3, 0.4) is 0 Å². The molecule has 0 amide bonds. The van der Waals surface area contributed by atoms with Crippen LogP contribution in [0.2, 0.25) is 0 Å². The van der Waals surface area contributed by atoms with Crippen LogP contribution in [-0.2, 0) is 11.2 Å². The molecule has 2 saturated heterocycles. The maximum atomic E-state index is 11.5. The summed E-state index contributed by atoms with van der Waals surface area (Å²) in [5, 5.41) is 13.0. The Morgan fingerprint density at radius 1 is 1.23 bits per heavy atom. The summed E-state index contributed by atoms with van der Waals surface area (Å²) in [6.07, 6.45) is 9.53. The Kier molecular flexibility index (Phi) is 3.17. The highest BCUT2D eigenvalue weighted by atomic mass is 16.3. The fourth-order valence-corrected chi connectivity index (χ4v) is 4.00. The number of hydrogen-bond acceptors (Lipinski definition) is 4. The Bertz CT molecular complexity index is 632. The van der Waals surface area contributed by atoms with Crippen LogP contribution in [0.1, 0.15) is 12.0 Å². The number of phenolic OH excluding ortho intramolecular Hbond substituents is 1. The maximum Gasteiger partial charge on any atom is 0.178 e. The van der Waals surface area contributed by atoms with Gasteiger partial charge in [0.05, 0.1) is 5.54 Å². The predicted molar refractivity (Wildman–Crippen MR) is 84.7 cm³/mol. The SMILES string of the molecule is O=C1C=CC2(C=C1)C[C@H]1CN2[C@@H](Cc2ccc(O)cc2)CN1. The molecule has 0 radical (unpaired) electrons. The van der Waals surface area contributed by atoms with Crippen molar-refractivity contribution in [3.8, 4) is 5.75 Å². The Labute approximate surface area is 130 Å². The number of piperazine rings is 1. The first kappa shape index (κ1) is 13.7. The lowest BCUT2D eigenvalue weighted by molar-refractivity contribution is -0.110. The first-order chi connectivity index (χ1) is 10.6. The molecule has 2 aliphatic heterocycles. The first-order valence-corrected chi connectivity index (χ1v) is 7.85. The van der Waals surface area contributed by atoms with Crippen LogP contribution in [0.5, 0.6) is 5.75 Å². The van der Waals surface area contributed by atoms with Gasteiger partial charge in [-0.2, -0.15) is 0 Å². The fraction of sp³-hybridized carbons (Fsp3) is 0.389. The summed E-state index contributed by atoms with van der Waals surface area (Å²) in [5.41, 5.74) is 1.12. The molecule has 2 bridgehead atoms. The van der Waals surface area contributed by atoms with Crippen LogP contribution >= 0.6 is 0 Å². The third-order valence-corrected chi connectivity index (χ3v) is 5.09. The number of rotatable bonds is 2. The lowest BCUT2D eigenvalue weighted by atomic mass is 9.89. The standard InChI is InChI=1S/C18H20N2O2/c21-16-3-1-13(2-4-16)9-15-11-19-14-10-18(20(15)12-14)7-5-17(22)6-8-18/h1-8,14-15,19,21H,9-12H2/t14-,15-/m0/s1. The number of nitrogens with one attached hydrogen (secondary N) is 1. The molecule has 1 spiro atoms. The molecule has 2 N–H and O–H groups in total. The van der Waals surface area contributed by atoms with Crippen molar-refractivity contribution in [3.63, 3.8) is 0 Å². The second-order valence-corrected chi connectivity index (χ2v) is 6.55. The monoisotopic (exact) mass is 296 g/mol. The molecular formula is C18H20N2O2. The summed E-state index contributed by atoms with van der Waals surface area (Å²) in [6.45, 7) is 1.98. The number of phenols is 1. The maximum absolute atomic E-state index is 11.5. The van der Waals surface area contributed by atoms with Gasteiger partial charge in [-0.25, -0.2) is 0 Å². The van der Waals surface area contributed by atoms with E-state index < -0.39 is 0 Å². The Morgan fingerprint density at radius 3 is 2.68 bits per heavy atom. The molecule has 1 aliphatic carbocycles. The van der Waals surface area contributed by atoms with Gasteiger partial charge >= 0.3 is 0 Å². The van der Waals surface area contributed by atoms with Gasteiger partial charge in [0.2, 0.25) is 0 Å². The van der Waals surface area contributed by atoms with E-state index >= 15 is 0 Å². The summed E-state index contributed by atoms with van der Waals surface area (Å²) in [7, 11) is 0. The molecule has 4 heteroatoms. The molecule has 4 rings (SSSR count). The third-order valence-electron chi connectivity index (χ3n) is 5.09. The summed E-state index contributed by atoms with van der Waals surface area (Å²) < 4.78 is 0. The quantitative estimate of drug-likeness (QED) is 0.866. The summed E-state index contributed by atoms with van der Waals surface area (Å²) in [4.78, 5) is 14.0. The normalized spacial score (nSPS) is 31.8. The molecule has 0 saturated carbocycles. The van der Waals surface area contributed by atoms with Gasteiger partial charge in [-0.15, -0.1) is 0 Å². The van der Waals surface area contributed by atoms with Crippen LogP contribution in [0.25, 0.3) is 0 Å². The van der Waals surface area contributed by atoms with Gasteiger partial charge in [0.15, 0.2) is 5.78 Å². The van der Waals surface area contributed by atoms with Crippen LogP contribution in [-0.4, -0.2) is 46.5 Å². The number of fused-ring (bicyclic) bond motifs is 3. The van der Waals surface area contributed by atoms with Crippen LogP contribution < -0.4 is 5.32 Å². The highest BCUT2D eigenvalue weighted by Gasteiger charge is 2.48. The van der Waals surface area contributed by atoms with Crippen molar-refractivity contribution in [1.82, 2.24) is 10.2 Å². The van der Waals surface area contributed by atoms with Crippen LogP contribution in [0.15, 0.2) is 48.6 Å². The lowest BCUT2D eigenvalue weighted by Crippen LogP contribution is -2.55. The van der Waals surface area contributed by atoms with Gasteiger partial charge in [-0.05, 0) is 42.7 Å². The van der Waals surface area contributed by atoms with Crippen molar-refractivity contribution in [1.29, 1.82) is 0 Å². The van der Waals surface area contributed by atoms with Crippen molar-refractivity contribution in [3.05, 3.63) is 54.1 Å².